The zero-order valence-corrected chi connectivity index (χ0v) is 15.8. The van der Waals surface area contributed by atoms with Crippen molar-refractivity contribution >= 4 is 38.1 Å². The molecule has 3 rings (SSSR count). The Bertz CT molecular complexity index is 1060. The lowest BCUT2D eigenvalue weighted by atomic mass is 10.1. The zero-order chi connectivity index (χ0) is 19.4. The van der Waals surface area contributed by atoms with Gasteiger partial charge >= 0.3 is 0 Å². The van der Waals surface area contributed by atoms with E-state index >= 15 is 0 Å². The summed E-state index contributed by atoms with van der Waals surface area (Å²) in [5, 5.41) is 4.74. The summed E-state index contributed by atoms with van der Waals surface area (Å²) in [5.74, 6) is 0.343. The van der Waals surface area contributed by atoms with Crippen molar-refractivity contribution in [3.8, 4) is 5.75 Å². The predicted molar refractivity (Wildman–Crippen MR) is 108 cm³/mol. The molecule has 3 aromatic carbocycles. The number of benzene rings is 3. The summed E-state index contributed by atoms with van der Waals surface area (Å²) in [5.41, 5.74) is 0.975. The first-order valence-electron chi connectivity index (χ1n) is 8.35. The van der Waals surface area contributed by atoms with E-state index in [-0.39, 0.29) is 5.91 Å². The van der Waals surface area contributed by atoms with E-state index in [0.717, 1.165) is 17.0 Å². The lowest BCUT2D eigenvalue weighted by molar-refractivity contribution is -0.122. The summed E-state index contributed by atoms with van der Waals surface area (Å²) in [6.45, 7) is 1.68. The summed E-state index contributed by atoms with van der Waals surface area (Å²) in [4.78, 5) is 12.4. The number of hydrogen-bond donors (Lipinski definition) is 2. The summed E-state index contributed by atoms with van der Waals surface area (Å²) >= 11 is 0. The molecule has 1 atom stereocenters. The van der Waals surface area contributed by atoms with Gasteiger partial charge in [0, 0.05) is 16.8 Å². The molecule has 0 fully saturated rings. The first kappa shape index (κ1) is 18.7. The fourth-order valence-electron chi connectivity index (χ4n) is 2.62. The van der Waals surface area contributed by atoms with Crippen LogP contribution in [0.3, 0.4) is 0 Å². The summed E-state index contributed by atoms with van der Waals surface area (Å²) in [6.07, 6.45) is 0.374. The van der Waals surface area contributed by atoms with Crippen LogP contribution in [-0.4, -0.2) is 26.7 Å². The minimum absolute atomic E-state index is 0.299. The number of hydrogen-bond acceptors (Lipinski definition) is 4. The second kappa shape index (κ2) is 7.67. The molecule has 0 unspecified atom stereocenters. The SMILES string of the molecule is C[C@H](Oc1cccc2ccccc12)C(=O)Nc1ccc(NS(C)(=O)=O)cc1. The summed E-state index contributed by atoms with van der Waals surface area (Å²) in [6, 6.07) is 19.9. The maximum Gasteiger partial charge on any atom is 0.265 e. The molecule has 6 nitrogen and oxygen atoms in total. The van der Waals surface area contributed by atoms with E-state index < -0.39 is 16.1 Å². The van der Waals surface area contributed by atoms with Gasteiger partial charge in [-0.05, 0) is 42.6 Å². The first-order valence-corrected chi connectivity index (χ1v) is 10.2. The molecule has 2 N–H and O–H groups in total. The molecule has 27 heavy (non-hydrogen) atoms. The molecule has 0 aromatic heterocycles. The standard InChI is InChI=1S/C20H20N2O4S/c1-14(26-19-9-5-7-15-6-3-4-8-18(15)19)20(23)21-16-10-12-17(13-11-16)22-27(2,24)25/h3-14,22H,1-2H3,(H,21,23)/t14-/m0/s1. The highest BCUT2D eigenvalue weighted by atomic mass is 32.2. The first-order chi connectivity index (χ1) is 12.8. The van der Waals surface area contributed by atoms with Crippen LogP contribution in [-0.2, 0) is 14.8 Å². The van der Waals surface area contributed by atoms with Crippen molar-refractivity contribution in [1.29, 1.82) is 0 Å². The van der Waals surface area contributed by atoms with Crippen LogP contribution in [0, 0.1) is 0 Å². The molecule has 1 amide bonds. The Morgan fingerprint density at radius 1 is 0.926 bits per heavy atom. The van der Waals surface area contributed by atoms with Crippen LogP contribution in [0.2, 0.25) is 0 Å². The molecule has 0 saturated heterocycles. The Morgan fingerprint density at radius 3 is 2.26 bits per heavy atom. The van der Waals surface area contributed by atoms with Crippen LogP contribution in [0.1, 0.15) is 6.92 Å². The largest absolute Gasteiger partial charge is 0.480 e. The molecule has 0 aliphatic carbocycles. The van der Waals surface area contributed by atoms with Crippen LogP contribution in [0.5, 0.6) is 5.75 Å². The lowest BCUT2D eigenvalue weighted by Gasteiger charge is -2.16. The Morgan fingerprint density at radius 2 is 1.56 bits per heavy atom. The molecule has 0 heterocycles. The van der Waals surface area contributed by atoms with E-state index in [1.807, 2.05) is 42.5 Å². The van der Waals surface area contributed by atoms with E-state index in [2.05, 4.69) is 10.0 Å². The van der Waals surface area contributed by atoms with Crippen molar-refractivity contribution in [2.75, 3.05) is 16.3 Å². The van der Waals surface area contributed by atoms with Crippen molar-refractivity contribution < 1.29 is 17.9 Å². The van der Waals surface area contributed by atoms with Gasteiger partial charge in [-0.3, -0.25) is 9.52 Å². The number of carbonyl (C=O) groups is 1. The van der Waals surface area contributed by atoms with Crippen molar-refractivity contribution in [2.45, 2.75) is 13.0 Å². The van der Waals surface area contributed by atoms with Gasteiger partial charge in [-0.1, -0.05) is 36.4 Å². The lowest BCUT2D eigenvalue weighted by Crippen LogP contribution is -2.30. The second-order valence-corrected chi connectivity index (χ2v) is 7.93. The van der Waals surface area contributed by atoms with E-state index in [9.17, 15) is 13.2 Å². The summed E-state index contributed by atoms with van der Waals surface area (Å²) in [7, 11) is -3.34. The average molecular weight is 384 g/mol. The number of sulfonamides is 1. The van der Waals surface area contributed by atoms with Crippen LogP contribution < -0.4 is 14.8 Å². The summed E-state index contributed by atoms with van der Waals surface area (Å²) < 4.78 is 30.7. The number of anilines is 2. The minimum Gasteiger partial charge on any atom is -0.480 e. The molecular weight excluding hydrogens is 364 g/mol. The highest BCUT2D eigenvalue weighted by molar-refractivity contribution is 7.92. The van der Waals surface area contributed by atoms with Gasteiger partial charge in [0.1, 0.15) is 5.75 Å². The third kappa shape index (κ3) is 4.98. The molecule has 0 aliphatic rings. The monoisotopic (exact) mass is 384 g/mol. The fraction of sp³-hybridized carbons (Fsp3) is 0.150. The Hall–Kier alpha value is -3.06. The minimum atomic E-state index is -3.34. The number of nitrogens with one attached hydrogen (secondary N) is 2. The Kier molecular flexibility index (Phi) is 5.32. The van der Waals surface area contributed by atoms with E-state index in [1.165, 1.54) is 0 Å². The van der Waals surface area contributed by atoms with Crippen LogP contribution in [0.15, 0.2) is 66.7 Å². The van der Waals surface area contributed by atoms with E-state index in [0.29, 0.717) is 17.1 Å². The van der Waals surface area contributed by atoms with Crippen molar-refractivity contribution in [2.24, 2.45) is 0 Å². The molecule has 7 heteroatoms. The van der Waals surface area contributed by atoms with Crippen LogP contribution in [0.25, 0.3) is 10.8 Å². The zero-order valence-electron chi connectivity index (χ0n) is 15.0. The van der Waals surface area contributed by atoms with Gasteiger partial charge in [-0.15, -0.1) is 0 Å². The maximum absolute atomic E-state index is 12.4. The van der Waals surface area contributed by atoms with Gasteiger partial charge in [0.2, 0.25) is 10.0 Å². The molecule has 140 valence electrons. The van der Waals surface area contributed by atoms with Crippen molar-refractivity contribution in [3.63, 3.8) is 0 Å². The van der Waals surface area contributed by atoms with Gasteiger partial charge in [0.05, 0.1) is 6.26 Å². The van der Waals surface area contributed by atoms with E-state index in [4.69, 9.17) is 4.74 Å². The number of carbonyl (C=O) groups excluding carboxylic acids is 1. The number of amides is 1. The van der Waals surface area contributed by atoms with Crippen molar-refractivity contribution in [1.82, 2.24) is 0 Å². The topological polar surface area (TPSA) is 84.5 Å². The van der Waals surface area contributed by atoms with Gasteiger partial charge in [0.15, 0.2) is 6.10 Å². The fourth-order valence-corrected chi connectivity index (χ4v) is 3.19. The van der Waals surface area contributed by atoms with Gasteiger partial charge in [-0.2, -0.15) is 0 Å². The third-order valence-corrected chi connectivity index (χ3v) is 4.48. The van der Waals surface area contributed by atoms with Crippen LogP contribution in [0.4, 0.5) is 11.4 Å². The normalized spacial score (nSPS) is 12.4. The second-order valence-electron chi connectivity index (χ2n) is 6.18. The van der Waals surface area contributed by atoms with Gasteiger partial charge in [0.25, 0.3) is 5.91 Å². The molecule has 0 bridgehead atoms. The highest BCUT2D eigenvalue weighted by Crippen LogP contribution is 2.26. The maximum atomic E-state index is 12.4. The predicted octanol–water partition coefficient (Wildman–Crippen LogP) is 3.62. The third-order valence-electron chi connectivity index (χ3n) is 3.88. The molecule has 0 spiro atoms. The average Bonchev–Trinajstić information content (AvgIpc) is 2.62. The van der Waals surface area contributed by atoms with E-state index in [1.54, 1.807) is 31.2 Å². The molecule has 3 aromatic rings. The number of fused-ring (bicyclic) bond motifs is 1. The highest BCUT2D eigenvalue weighted by Gasteiger charge is 2.16. The molecular formula is C20H20N2O4S. The van der Waals surface area contributed by atoms with Crippen LogP contribution >= 0.6 is 0 Å². The molecule has 0 radical (unpaired) electrons. The van der Waals surface area contributed by atoms with Crippen molar-refractivity contribution in [3.05, 3.63) is 66.7 Å². The molecule has 0 aliphatic heterocycles. The van der Waals surface area contributed by atoms with Gasteiger partial charge < -0.3 is 10.1 Å². The quantitative estimate of drug-likeness (QED) is 0.680. The van der Waals surface area contributed by atoms with Gasteiger partial charge in [-0.25, -0.2) is 8.42 Å². The Labute approximate surface area is 158 Å². The Balaban J connectivity index is 1.67. The smallest absolute Gasteiger partial charge is 0.265 e. The molecule has 0 saturated carbocycles. The number of ether oxygens (including phenoxy) is 1. The number of rotatable bonds is 6.